The molecule has 0 aliphatic carbocycles. The van der Waals surface area contributed by atoms with E-state index in [4.69, 9.17) is 9.84 Å². The molecule has 2 unspecified atom stereocenters. The molecule has 1 N–H and O–H groups in total. The zero-order valence-corrected chi connectivity index (χ0v) is 5.42. The first kappa shape index (κ1) is 12.5. The van der Waals surface area contributed by atoms with Crippen LogP contribution >= 0.6 is 0 Å². The number of ether oxygens (including phenoxy) is 2. The van der Waals surface area contributed by atoms with E-state index in [0.29, 0.717) is 0 Å². The van der Waals surface area contributed by atoms with Crippen molar-refractivity contribution in [1.82, 2.24) is 0 Å². The fraction of sp³-hybridized carbons (Fsp3) is 1.00. The van der Waals surface area contributed by atoms with Gasteiger partial charge < -0.3 is 14.6 Å². The quantitative estimate of drug-likeness (QED) is 0.436. The molecule has 0 aliphatic rings. The Bertz CT molecular complexity index is 58.2. The zero-order chi connectivity index (χ0) is 6.57. The number of aliphatic hydroxyl groups excluding tert-OH is 1. The van der Waals surface area contributed by atoms with E-state index >= 15 is 0 Å². The minimum atomic E-state index is -0.745. The summed E-state index contributed by atoms with van der Waals surface area (Å²) in [5.41, 5.74) is 0. The second kappa shape index (κ2) is 6.99. The average molecular weight is 144 g/mol. The van der Waals surface area contributed by atoms with E-state index in [1.54, 1.807) is 6.92 Å². The molecule has 0 heterocycles. The molecule has 0 bridgehead atoms. The maximum absolute atomic E-state index is 8.55. The maximum atomic E-state index is 8.55. The summed E-state index contributed by atoms with van der Waals surface area (Å²) < 4.78 is 9.41. The molecule has 0 aromatic carbocycles. The second-order valence-electron chi connectivity index (χ2n) is 1.54. The SMILES string of the molecule is COC(C)OC(C)O.[NaH]. The van der Waals surface area contributed by atoms with Crippen LogP contribution in [0.1, 0.15) is 13.8 Å². The Morgan fingerprint density at radius 3 is 1.89 bits per heavy atom. The molecule has 9 heavy (non-hydrogen) atoms. The summed E-state index contributed by atoms with van der Waals surface area (Å²) >= 11 is 0. The van der Waals surface area contributed by atoms with E-state index in [1.165, 1.54) is 14.0 Å². The monoisotopic (exact) mass is 144 g/mol. The number of hydrogen-bond acceptors (Lipinski definition) is 3. The van der Waals surface area contributed by atoms with Crippen LogP contribution in [0.3, 0.4) is 0 Å². The van der Waals surface area contributed by atoms with Crippen LogP contribution in [-0.4, -0.2) is 54.4 Å². The van der Waals surface area contributed by atoms with Crippen molar-refractivity contribution >= 4 is 29.6 Å². The van der Waals surface area contributed by atoms with Crippen LogP contribution in [0.25, 0.3) is 0 Å². The summed E-state index contributed by atoms with van der Waals surface area (Å²) in [6, 6.07) is 0. The zero-order valence-electron chi connectivity index (χ0n) is 5.42. The van der Waals surface area contributed by atoms with Crippen LogP contribution in [-0.2, 0) is 9.47 Å². The molecule has 52 valence electrons. The van der Waals surface area contributed by atoms with E-state index in [9.17, 15) is 0 Å². The van der Waals surface area contributed by atoms with Gasteiger partial charge in [0.1, 0.15) is 0 Å². The number of hydrogen-bond donors (Lipinski definition) is 1. The Hall–Kier alpha value is 0.880. The van der Waals surface area contributed by atoms with Gasteiger partial charge in [-0.25, -0.2) is 0 Å². The topological polar surface area (TPSA) is 38.7 Å². The molecule has 0 aromatic rings. The van der Waals surface area contributed by atoms with Gasteiger partial charge in [-0.05, 0) is 13.8 Å². The molecule has 0 rings (SSSR count). The summed E-state index contributed by atoms with van der Waals surface area (Å²) in [4.78, 5) is 0. The van der Waals surface area contributed by atoms with E-state index in [-0.39, 0.29) is 35.8 Å². The Morgan fingerprint density at radius 2 is 1.78 bits per heavy atom. The van der Waals surface area contributed by atoms with Gasteiger partial charge in [0, 0.05) is 7.11 Å². The molecular weight excluding hydrogens is 131 g/mol. The summed E-state index contributed by atoms with van der Waals surface area (Å²) in [6.45, 7) is 3.25. The van der Waals surface area contributed by atoms with Gasteiger partial charge in [0.2, 0.25) is 0 Å². The molecule has 0 aromatic heterocycles. The predicted molar refractivity (Wildman–Crippen MR) is 36.4 cm³/mol. The van der Waals surface area contributed by atoms with Crippen molar-refractivity contribution < 1.29 is 14.6 Å². The summed E-state index contributed by atoms with van der Waals surface area (Å²) in [6.07, 6.45) is -1.07. The standard InChI is InChI=1S/C5H12O3.Na.H/c1-4(6)8-5(2)7-3;;/h4-6H,1-3H3;;. The van der Waals surface area contributed by atoms with Gasteiger partial charge in [0.05, 0.1) is 0 Å². The molecule has 4 heteroatoms. The number of rotatable bonds is 3. The van der Waals surface area contributed by atoms with Gasteiger partial charge in [-0.15, -0.1) is 0 Å². The first-order valence-electron chi connectivity index (χ1n) is 2.53. The third-order valence-corrected chi connectivity index (χ3v) is 0.721. The molecule has 0 saturated heterocycles. The Morgan fingerprint density at radius 1 is 1.33 bits per heavy atom. The summed E-state index contributed by atoms with van der Waals surface area (Å²) in [7, 11) is 1.52. The van der Waals surface area contributed by atoms with Crippen LogP contribution < -0.4 is 0 Å². The van der Waals surface area contributed by atoms with Crippen LogP contribution in [0, 0.1) is 0 Å². The van der Waals surface area contributed by atoms with Crippen molar-refractivity contribution in [1.29, 1.82) is 0 Å². The summed E-state index contributed by atoms with van der Waals surface area (Å²) in [5, 5.41) is 8.55. The van der Waals surface area contributed by atoms with Crippen LogP contribution in [0.15, 0.2) is 0 Å². The molecule has 0 aliphatic heterocycles. The number of methoxy groups -OCH3 is 1. The van der Waals surface area contributed by atoms with Gasteiger partial charge in [0.25, 0.3) is 0 Å². The Balaban J connectivity index is 0. The normalized spacial score (nSPS) is 16.0. The fourth-order valence-corrected chi connectivity index (χ4v) is 0.333. The third-order valence-electron chi connectivity index (χ3n) is 0.721. The van der Waals surface area contributed by atoms with E-state index in [2.05, 4.69) is 4.74 Å². The molecular formula is C5H13NaO3. The van der Waals surface area contributed by atoms with Crippen molar-refractivity contribution in [3.05, 3.63) is 0 Å². The van der Waals surface area contributed by atoms with Crippen molar-refractivity contribution in [2.24, 2.45) is 0 Å². The fourth-order valence-electron chi connectivity index (χ4n) is 0.333. The number of aliphatic hydroxyl groups is 1. The summed E-state index contributed by atoms with van der Waals surface area (Å²) in [5.74, 6) is 0. The van der Waals surface area contributed by atoms with Crippen LogP contribution in [0.4, 0.5) is 0 Å². The van der Waals surface area contributed by atoms with Crippen molar-refractivity contribution in [2.45, 2.75) is 26.4 Å². The van der Waals surface area contributed by atoms with Crippen molar-refractivity contribution in [3.8, 4) is 0 Å². The molecule has 2 atom stereocenters. The molecule has 3 nitrogen and oxygen atoms in total. The first-order valence-corrected chi connectivity index (χ1v) is 2.53. The van der Waals surface area contributed by atoms with E-state index in [0.717, 1.165) is 0 Å². The molecule has 0 saturated carbocycles. The van der Waals surface area contributed by atoms with Crippen LogP contribution in [0.5, 0.6) is 0 Å². The first-order chi connectivity index (χ1) is 3.66. The van der Waals surface area contributed by atoms with E-state index in [1.807, 2.05) is 0 Å². The van der Waals surface area contributed by atoms with Gasteiger partial charge in [-0.2, -0.15) is 0 Å². The van der Waals surface area contributed by atoms with Gasteiger partial charge >= 0.3 is 29.6 Å². The Labute approximate surface area is 77.6 Å². The third kappa shape index (κ3) is 8.88. The van der Waals surface area contributed by atoms with Crippen molar-refractivity contribution in [3.63, 3.8) is 0 Å². The van der Waals surface area contributed by atoms with E-state index < -0.39 is 6.29 Å². The average Bonchev–Trinajstić information content (AvgIpc) is 1.65. The molecule has 0 fully saturated rings. The predicted octanol–water partition coefficient (Wildman–Crippen LogP) is -0.315. The van der Waals surface area contributed by atoms with Crippen molar-refractivity contribution in [2.75, 3.05) is 7.11 Å². The molecule has 0 radical (unpaired) electrons. The van der Waals surface area contributed by atoms with Gasteiger partial charge in [-0.3, -0.25) is 0 Å². The molecule has 0 amide bonds. The Kier molecular flexibility index (Phi) is 9.75. The van der Waals surface area contributed by atoms with Gasteiger partial charge in [-0.1, -0.05) is 0 Å². The second-order valence-corrected chi connectivity index (χ2v) is 1.54. The minimum absolute atomic E-state index is 0. The van der Waals surface area contributed by atoms with Gasteiger partial charge in [0.15, 0.2) is 12.6 Å². The molecule has 0 spiro atoms. The van der Waals surface area contributed by atoms with Crippen LogP contribution in [0.2, 0.25) is 0 Å².